The number of aromatic hydroxyl groups is 1. The summed E-state index contributed by atoms with van der Waals surface area (Å²) < 4.78 is 23.8. The molecule has 0 radical (unpaired) electrons. The molecule has 5 aliphatic heterocycles. The van der Waals surface area contributed by atoms with E-state index in [1.165, 1.54) is 26.7 Å². The molecule has 1 saturated carbocycles. The number of methoxy groups -OCH3 is 3. The summed E-state index contributed by atoms with van der Waals surface area (Å²) in [5.41, 5.74) is 0.280. The molecule has 1 unspecified atom stereocenters. The van der Waals surface area contributed by atoms with E-state index in [0.717, 1.165) is 47.2 Å². The largest absolute Gasteiger partial charge is 0.508 e. The van der Waals surface area contributed by atoms with Gasteiger partial charge in [0.15, 0.2) is 6.10 Å². The Morgan fingerprint density at radius 3 is 2.47 bits per heavy atom. The standard InChI is InChI=1S/C45H54N4O9/c1-8-26-17-27-21-44(40(52)56-6,36-30(24-48(22-26)23-27)29-18-28(51)11-12-33(29)46-36)32-19-31-34(20-35(32)55-5)47(4)38-43(31)14-16-49-15-10-13-42(9-2,37(43)49)39(58-25(3)50)45(38,54)41(53)57-7/h10-13,17-20,27,37-39,46,51,54H,8-9,14-16,21-24H2,1-7H3/t27-,37+,38-,39-,42-,43-,44+,45+/m1/s1. The Morgan fingerprint density at radius 2 is 1.78 bits per heavy atom. The first kappa shape index (κ1) is 38.7. The highest BCUT2D eigenvalue weighted by atomic mass is 16.6. The monoisotopic (exact) mass is 794 g/mol. The van der Waals surface area contributed by atoms with Crippen LogP contribution in [-0.4, -0.2) is 121 Å². The number of esters is 3. The highest BCUT2D eigenvalue weighted by molar-refractivity contribution is 5.95. The number of anilines is 1. The molecule has 2 bridgehead atoms. The molecule has 6 aliphatic rings. The molecular formula is C45H54N4O9. The lowest BCUT2D eigenvalue weighted by Crippen LogP contribution is -2.81. The fourth-order valence-electron chi connectivity index (χ4n) is 12.9. The first-order valence-corrected chi connectivity index (χ1v) is 20.5. The van der Waals surface area contributed by atoms with Crippen LogP contribution in [0.4, 0.5) is 5.69 Å². The van der Waals surface area contributed by atoms with E-state index in [1.807, 2.05) is 43.2 Å². The second-order valence-corrected chi connectivity index (χ2v) is 17.4. The van der Waals surface area contributed by atoms with E-state index >= 15 is 4.79 Å². The number of fused-ring (bicyclic) bond motifs is 6. The second-order valence-electron chi connectivity index (χ2n) is 17.4. The summed E-state index contributed by atoms with van der Waals surface area (Å²) in [6.07, 6.45) is 7.43. The average Bonchev–Trinajstić information content (AvgIpc) is 3.86. The zero-order valence-corrected chi connectivity index (χ0v) is 34.4. The van der Waals surface area contributed by atoms with Gasteiger partial charge in [0, 0.05) is 90.9 Å². The number of carbonyl (C=O) groups is 3. The molecule has 13 heteroatoms. The number of ether oxygens (including phenoxy) is 4. The number of aromatic nitrogens is 1. The Bertz CT molecular complexity index is 2300. The Morgan fingerprint density at radius 1 is 1.00 bits per heavy atom. The van der Waals surface area contributed by atoms with Gasteiger partial charge in [0.2, 0.25) is 5.60 Å². The van der Waals surface area contributed by atoms with E-state index in [2.05, 4.69) is 33.8 Å². The van der Waals surface area contributed by atoms with Crippen molar-refractivity contribution in [2.24, 2.45) is 11.3 Å². The summed E-state index contributed by atoms with van der Waals surface area (Å²) in [4.78, 5) is 52.9. The predicted octanol–water partition coefficient (Wildman–Crippen LogP) is 4.46. The number of aromatic amines is 1. The predicted molar refractivity (Wildman–Crippen MR) is 216 cm³/mol. The summed E-state index contributed by atoms with van der Waals surface area (Å²) in [6, 6.07) is 8.04. The highest BCUT2D eigenvalue weighted by Crippen LogP contribution is 2.68. The van der Waals surface area contributed by atoms with Gasteiger partial charge < -0.3 is 39.0 Å². The van der Waals surface area contributed by atoms with Gasteiger partial charge in [-0.1, -0.05) is 37.6 Å². The van der Waals surface area contributed by atoms with Crippen LogP contribution < -0.4 is 9.64 Å². The van der Waals surface area contributed by atoms with Gasteiger partial charge in [-0.25, -0.2) is 4.79 Å². The van der Waals surface area contributed by atoms with E-state index in [4.69, 9.17) is 18.9 Å². The molecule has 2 fully saturated rings. The third kappa shape index (κ3) is 4.83. The third-order valence-corrected chi connectivity index (χ3v) is 14.8. The van der Waals surface area contributed by atoms with E-state index in [9.17, 15) is 19.8 Å². The van der Waals surface area contributed by atoms with Crippen molar-refractivity contribution in [2.45, 2.75) is 87.6 Å². The SMILES string of the molecule is CCC1=C[C@H]2CN(C1)Cc1c([nH]c3ccc(O)cc13)[C@@](C(=O)OC)(c1cc3c(cc1OC)N(C)[C@H]1[C@@](O)(C(=O)OC)[C@H](OC(C)=O)[C@]4(CC)C=CCN5CC[C@]31[C@@H]54)C2. The van der Waals surface area contributed by atoms with Crippen molar-refractivity contribution in [2.75, 3.05) is 59.5 Å². The van der Waals surface area contributed by atoms with Crippen molar-refractivity contribution in [1.82, 2.24) is 14.8 Å². The maximum atomic E-state index is 15.2. The van der Waals surface area contributed by atoms with Gasteiger partial charge in [0.25, 0.3) is 0 Å². The maximum absolute atomic E-state index is 15.2. The highest BCUT2D eigenvalue weighted by Gasteiger charge is 2.80. The normalized spacial score (nSPS) is 34.5. The van der Waals surface area contributed by atoms with Crippen LogP contribution in [-0.2, 0) is 46.0 Å². The zero-order chi connectivity index (χ0) is 41.1. The second kappa shape index (κ2) is 13.3. The van der Waals surface area contributed by atoms with Crippen molar-refractivity contribution in [3.8, 4) is 11.5 Å². The minimum Gasteiger partial charge on any atom is -0.508 e. The number of nitrogens with zero attached hydrogens (tertiary/aromatic N) is 3. The first-order valence-electron chi connectivity index (χ1n) is 20.5. The van der Waals surface area contributed by atoms with Gasteiger partial charge in [-0.2, -0.15) is 0 Å². The number of aliphatic hydroxyl groups is 1. The number of rotatable bonds is 7. The van der Waals surface area contributed by atoms with Crippen LogP contribution in [0.5, 0.6) is 11.5 Å². The number of hydrogen-bond donors (Lipinski definition) is 3. The molecule has 58 heavy (non-hydrogen) atoms. The molecule has 2 aromatic carbocycles. The van der Waals surface area contributed by atoms with Crippen LogP contribution in [0, 0.1) is 11.3 Å². The molecule has 1 aliphatic carbocycles. The summed E-state index contributed by atoms with van der Waals surface area (Å²) in [5.74, 6) is -1.38. The first-order chi connectivity index (χ1) is 27.8. The number of carbonyl (C=O) groups excluding carboxylic acids is 3. The van der Waals surface area contributed by atoms with Crippen molar-refractivity contribution < 1.29 is 43.5 Å². The van der Waals surface area contributed by atoms with E-state index in [0.29, 0.717) is 55.9 Å². The van der Waals surface area contributed by atoms with Crippen LogP contribution >= 0.6 is 0 Å². The van der Waals surface area contributed by atoms with Gasteiger partial charge in [0.1, 0.15) is 16.9 Å². The van der Waals surface area contributed by atoms with E-state index < -0.39 is 51.9 Å². The number of H-pyrrole nitrogens is 1. The molecule has 9 rings (SSSR count). The fourth-order valence-corrected chi connectivity index (χ4v) is 12.9. The Labute approximate surface area is 338 Å². The molecule has 1 saturated heterocycles. The number of phenolic OH excluding ortho intramolecular Hbond substituents is 1. The average molecular weight is 795 g/mol. The summed E-state index contributed by atoms with van der Waals surface area (Å²) >= 11 is 0. The molecule has 13 nitrogen and oxygen atoms in total. The topological polar surface area (TPSA) is 154 Å². The van der Waals surface area contributed by atoms with Crippen molar-refractivity contribution in [3.63, 3.8) is 0 Å². The van der Waals surface area contributed by atoms with Crippen LogP contribution in [0.2, 0.25) is 0 Å². The van der Waals surface area contributed by atoms with Gasteiger partial charge >= 0.3 is 17.9 Å². The molecule has 1 aromatic heterocycles. The lowest BCUT2D eigenvalue weighted by Gasteiger charge is -2.63. The molecule has 6 heterocycles. The van der Waals surface area contributed by atoms with Crippen LogP contribution in [0.15, 0.2) is 54.1 Å². The van der Waals surface area contributed by atoms with E-state index in [-0.39, 0.29) is 17.7 Å². The van der Waals surface area contributed by atoms with Crippen LogP contribution in [0.3, 0.4) is 0 Å². The number of hydrogen-bond acceptors (Lipinski definition) is 12. The Hall–Kier alpha value is -4.85. The minimum atomic E-state index is -2.30. The molecule has 308 valence electrons. The molecule has 3 N–H and O–H groups in total. The van der Waals surface area contributed by atoms with E-state index in [1.54, 1.807) is 19.2 Å². The molecular weight excluding hydrogens is 741 g/mol. The van der Waals surface area contributed by atoms with Gasteiger partial charge in [-0.3, -0.25) is 19.4 Å². The van der Waals surface area contributed by atoms with Gasteiger partial charge in [-0.15, -0.1) is 0 Å². The smallest absolute Gasteiger partial charge is 0.344 e. The Balaban J connectivity index is 1.37. The van der Waals surface area contributed by atoms with Crippen LogP contribution in [0.25, 0.3) is 10.9 Å². The summed E-state index contributed by atoms with van der Waals surface area (Å²) in [6.45, 7) is 8.85. The van der Waals surface area contributed by atoms with Crippen molar-refractivity contribution in [3.05, 3.63) is 76.5 Å². The number of benzene rings is 2. The third-order valence-electron chi connectivity index (χ3n) is 14.8. The quantitative estimate of drug-likeness (QED) is 0.176. The zero-order valence-electron chi connectivity index (χ0n) is 34.4. The van der Waals surface area contributed by atoms with Crippen molar-refractivity contribution >= 4 is 34.5 Å². The number of phenols is 1. The fraction of sp³-hybridized carbons (Fsp3) is 0.533. The minimum absolute atomic E-state index is 0.0240. The lowest BCUT2D eigenvalue weighted by atomic mass is 9.47. The Kier molecular flexibility index (Phi) is 8.89. The molecule has 1 spiro atoms. The maximum Gasteiger partial charge on any atom is 0.344 e. The van der Waals surface area contributed by atoms with Gasteiger partial charge in [-0.05, 0) is 73.5 Å². The molecule has 0 amide bonds. The van der Waals surface area contributed by atoms with Crippen molar-refractivity contribution in [1.29, 1.82) is 0 Å². The summed E-state index contributed by atoms with van der Waals surface area (Å²) in [5, 5.41) is 24.9. The molecule has 9 atom stereocenters. The number of nitrogens with one attached hydrogen (secondary N) is 1. The lowest BCUT2D eigenvalue weighted by molar-refractivity contribution is -0.228. The van der Waals surface area contributed by atoms with Crippen LogP contribution in [0.1, 0.15) is 68.8 Å². The summed E-state index contributed by atoms with van der Waals surface area (Å²) in [7, 11) is 6.12. The van der Waals surface area contributed by atoms with Gasteiger partial charge in [0.05, 0.1) is 27.4 Å². The molecule has 3 aromatic rings. The number of likely N-dealkylation sites (N-methyl/N-ethyl adjacent to an activating group) is 1.